The first-order valence-corrected chi connectivity index (χ1v) is 3.58. The van der Waals surface area contributed by atoms with E-state index >= 15 is 0 Å². The fraction of sp³-hybridized carbons (Fsp3) is 0. The average Bonchev–Trinajstić information content (AvgIpc) is 2.16. The predicted octanol–water partition coefficient (Wildman–Crippen LogP) is -0.857. The maximum Gasteiger partial charge on any atom is 0.411 e. The minimum atomic E-state index is -0.997. The molecule has 0 fully saturated rings. The lowest BCUT2D eigenvalue weighted by atomic mass is 10.2. The van der Waals surface area contributed by atoms with E-state index in [1.165, 1.54) is 18.3 Å². The second kappa shape index (κ2) is 4.19. The monoisotopic (exact) mass is 196 g/mol. The summed E-state index contributed by atoms with van der Waals surface area (Å²) in [5.74, 6) is 4.33. The molecule has 0 saturated heterocycles. The second-order valence-electron chi connectivity index (χ2n) is 2.28. The summed E-state index contributed by atoms with van der Waals surface area (Å²) in [7, 11) is 0. The fourth-order valence-corrected chi connectivity index (χ4v) is 0.793. The van der Waals surface area contributed by atoms with Crippen molar-refractivity contribution in [3.05, 3.63) is 23.9 Å². The first-order valence-electron chi connectivity index (χ1n) is 3.58. The van der Waals surface area contributed by atoms with Crippen molar-refractivity contribution in [1.82, 2.24) is 10.4 Å². The normalized spacial score (nSPS) is 9.21. The summed E-state index contributed by atoms with van der Waals surface area (Å²) in [4.78, 5) is 25.0. The zero-order valence-electron chi connectivity index (χ0n) is 7.06. The number of nitrogens with one attached hydrogen (secondary N) is 1. The zero-order chi connectivity index (χ0) is 10.6. The van der Waals surface area contributed by atoms with Gasteiger partial charge in [-0.2, -0.15) is 0 Å². The minimum absolute atomic E-state index is 0.0569. The quantitative estimate of drug-likeness (QED) is 0.323. The Morgan fingerprint density at radius 3 is 2.79 bits per heavy atom. The molecule has 74 valence electrons. The highest BCUT2D eigenvalue weighted by Gasteiger charge is 2.06. The van der Waals surface area contributed by atoms with Crippen LogP contribution in [0.25, 0.3) is 0 Å². The van der Waals surface area contributed by atoms with E-state index in [1.807, 2.05) is 5.43 Å². The Hall–Kier alpha value is -2.15. The second-order valence-corrected chi connectivity index (χ2v) is 2.28. The van der Waals surface area contributed by atoms with Crippen molar-refractivity contribution in [2.75, 3.05) is 0 Å². The minimum Gasteiger partial charge on any atom is -0.391 e. The molecule has 0 aliphatic heterocycles. The molecule has 7 heteroatoms. The number of nitrogens with zero attached hydrogens (tertiary/aromatic N) is 1. The summed E-state index contributed by atoms with van der Waals surface area (Å²) in [5, 5.41) is 0. The lowest BCUT2D eigenvalue weighted by molar-refractivity contribution is 0.0953. The Bertz CT molecular complexity index is 366. The van der Waals surface area contributed by atoms with E-state index in [0.29, 0.717) is 0 Å². The molecule has 0 atom stereocenters. The highest BCUT2D eigenvalue weighted by molar-refractivity contribution is 5.93. The number of hydrogen-bond donors (Lipinski definition) is 3. The molecule has 0 spiro atoms. The predicted molar refractivity (Wildman–Crippen MR) is 46.1 cm³/mol. The van der Waals surface area contributed by atoms with Crippen molar-refractivity contribution in [2.24, 2.45) is 11.6 Å². The van der Waals surface area contributed by atoms with Gasteiger partial charge in [0.1, 0.15) is 0 Å². The third-order valence-electron chi connectivity index (χ3n) is 1.33. The molecule has 0 unspecified atom stereocenters. The molecule has 1 aromatic rings. The molecule has 0 saturated carbocycles. The number of ether oxygens (including phenoxy) is 1. The number of pyridine rings is 1. The smallest absolute Gasteiger partial charge is 0.391 e. The topological polar surface area (TPSA) is 120 Å². The molecule has 0 aliphatic carbocycles. The first kappa shape index (κ1) is 9.93. The molecule has 5 N–H and O–H groups in total. The van der Waals surface area contributed by atoms with Crippen LogP contribution in [0.1, 0.15) is 10.4 Å². The van der Waals surface area contributed by atoms with E-state index in [2.05, 4.69) is 9.72 Å². The van der Waals surface area contributed by atoms with Crippen LogP contribution in [0.15, 0.2) is 18.3 Å². The van der Waals surface area contributed by atoms with Crippen LogP contribution >= 0.6 is 0 Å². The highest BCUT2D eigenvalue weighted by Crippen LogP contribution is 2.08. The number of primary amides is 1. The molecule has 1 rings (SSSR count). The van der Waals surface area contributed by atoms with E-state index in [4.69, 9.17) is 11.6 Å². The molecule has 0 radical (unpaired) electrons. The van der Waals surface area contributed by atoms with Crippen LogP contribution in [0.4, 0.5) is 4.79 Å². The van der Waals surface area contributed by atoms with E-state index in [1.54, 1.807) is 0 Å². The lowest BCUT2D eigenvalue weighted by Gasteiger charge is -2.01. The van der Waals surface area contributed by atoms with Crippen molar-refractivity contribution in [3.63, 3.8) is 0 Å². The van der Waals surface area contributed by atoms with Crippen molar-refractivity contribution in [2.45, 2.75) is 0 Å². The van der Waals surface area contributed by atoms with Gasteiger partial charge in [0, 0.05) is 17.8 Å². The number of rotatable bonds is 2. The van der Waals surface area contributed by atoms with E-state index in [0.717, 1.165) is 0 Å². The molecular weight excluding hydrogens is 188 g/mol. The van der Waals surface area contributed by atoms with E-state index in [9.17, 15) is 9.59 Å². The standard InChI is InChI=1S/C7H8N4O3/c8-7(13)14-5-3-4(1-2-10-5)6(12)11-9/h1-3H,9H2,(H2,8,13)(H,11,12). The van der Waals surface area contributed by atoms with Crippen molar-refractivity contribution < 1.29 is 14.3 Å². The molecule has 7 nitrogen and oxygen atoms in total. The number of nitrogens with two attached hydrogens (primary N) is 2. The Morgan fingerprint density at radius 1 is 1.50 bits per heavy atom. The Kier molecular flexibility index (Phi) is 2.97. The molecule has 0 bridgehead atoms. The number of amides is 2. The summed E-state index contributed by atoms with van der Waals surface area (Å²) < 4.78 is 4.46. The molecule has 2 amide bonds. The van der Waals surface area contributed by atoms with Gasteiger partial charge in [0.05, 0.1) is 0 Å². The van der Waals surface area contributed by atoms with Gasteiger partial charge in [-0.3, -0.25) is 10.2 Å². The van der Waals surface area contributed by atoms with Crippen LogP contribution in [-0.2, 0) is 0 Å². The van der Waals surface area contributed by atoms with Gasteiger partial charge in [0.15, 0.2) is 0 Å². The van der Waals surface area contributed by atoms with Crippen LogP contribution in [0.3, 0.4) is 0 Å². The largest absolute Gasteiger partial charge is 0.411 e. The number of nitrogen functional groups attached to an aromatic ring is 1. The van der Waals surface area contributed by atoms with Crippen LogP contribution in [0, 0.1) is 0 Å². The Morgan fingerprint density at radius 2 is 2.21 bits per heavy atom. The van der Waals surface area contributed by atoms with Crippen LogP contribution in [-0.4, -0.2) is 17.0 Å². The summed E-state index contributed by atoms with van der Waals surface area (Å²) >= 11 is 0. The SMILES string of the molecule is NNC(=O)c1ccnc(OC(N)=O)c1. The number of aromatic nitrogens is 1. The maximum absolute atomic E-state index is 11.0. The van der Waals surface area contributed by atoms with E-state index < -0.39 is 12.0 Å². The summed E-state index contributed by atoms with van der Waals surface area (Å²) in [6.45, 7) is 0. The molecule has 0 aliphatic rings. The van der Waals surface area contributed by atoms with Crippen molar-refractivity contribution >= 4 is 12.0 Å². The molecule has 14 heavy (non-hydrogen) atoms. The Labute approximate surface area is 79.0 Å². The number of hydrogen-bond acceptors (Lipinski definition) is 5. The number of carbonyl (C=O) groups is 2. The van der Waals surface area contributed by atoms with Gasteiger partial charge in [-0.25, -0.2) is 15.6 Å². The van der Waals surface area contributed by atoms with Gasteiger partial charge in [0.2, 0.25) is 5.88 Å². The molecule has 1 heterocycles. The van der Waals surface area contributed by atoms with Crippen molar-refractivity contribution in [3.8, 4) is 5.88 Å². The fourth-order valence-electron chi connectivity index (χ4n) is 0.793. The highest BCUT2D eigenvalue weighted by atomic mass is 16.6. The summed E-state index contributed by atoms with van der Waals surface area (Å²) in [6.07, 6.45) is 0.297. The first-order chi connectivity index (χ1) is 6.63. The van der Waals surface area contributed by atoms with Gasteiger partial charge >= 0.3 is 6.09 Å². The van der Waals surface area contributed by atoms with Crippen LogP contribution in [0.2, 0.25) is 0 Å². The molecule has 0 aromatic carbocycles. The van der Waals surface area contributed by atoms with Crippen LogP contribution in [0.5, 0.6) is 5.88 Å². The molecule has 1 aromatic heterocycles. The Balaban J connectivity index is 2.89. The summed E-state index contributed by atoms with van der Waals surface area (Å²) in [6, 6.07) is 2.66. The van der Waals surface area contributed by atoms with E-state index in [-0.39, 0.29) is 11.4 Å². The third-order valence-corrected chi connectivity index (χ3v) is 1.33. The number of carbonyl (C=O) groups excluding carboxylic acids is 2. The van der Waals surface area contributed by atoms with Crippen LogP contribution < -0.4 is 21.7 Å². The lowest BCUT2D eigenvalue weighted by Crippen LogP contribution is -2.30. The average molecular weight is 196 g/mol. The van der Waals surface area contributed by atoms with Crippen molar-refractivity contribution in [1.29, 1.82) is 0 Å². The van der Waals surface area contributed by atoms with Gasteiger partial charge in [0.25, 0.3) is 5.91 Å². The van der Waals surface area contributed by atoms with Gasteiger partial charge < -0.3 is 10.5 Å². The van der Waals surface area contributed by atoms with Gasteiger partial charge in [-0.15, -0.1) is 0 Å². The summed E-state index contributed by atoms with van der Waals surface area (Å²) in [5.41, 5.74) is 6.90. The molecular formula is C7H8N4O3. The number of hydrazine groups is 1. The van der Waals surface area contributed by atoms with Gasteiger partial charge in [-0.05, 0) is 6.07 Å². The zero-order valence-corrected chi connectivity index (χ0v) is 7.06. The third kappa shape index (κ3) is 2.42. The maximum atomic E-state index is 11.0. The van der Waals surface area contributed by atoms with Gasteiger partial charge in [-0.1, -0.05) is 0 Å².